The van der Waals surface area contributed by atoms with Gasteiger partial charge in [-0.1, -0.05) is 6.07 Å². The first-order valence-corrected chi connectivity index (χ1v) is 4.51. The molecule has 0 unspecified atom stereocenters. The molecule has 2 aromatic heterocycles. The summed E-state index contributed by atoms with van der Waals surface area (Å²) < 4.78 is 2.08. The lowest BCUT2D eigenvalue weighted by atomic mass is 10.2. The van der Waals surface area contributed by atoms with Gasteiger partial charge in [-0.05, 0) is 25.0 Å². The summed E-state index contributed by atoms with van der Waals surface area (Å²) >= 11 is 0. The molecule has 2 aromatic rings. The molecule has 0 bridgehead atoms. The quantitative estimate of drug-likeness (QED) is 0.706. The van der Waals surface area contributed by atoms with Crippen molar-refractivity contribution in [2.75, 3.05) is 0 Å². The van der Waals surface area contributed by atoms with Gasteiger partial charge in [0.25, 0.3) is 0 Å². The fourth-order valence-corrected chi connectivity index (χ4v) is 1.69. The van der Waals surface area contributed by atoms with Crippen LogP contribution in [0.2, 0.25) is 0 Å². The molecule has 0 amide bonds. The SMILES string of the molecule is NC1(c2cnc3ccccn23)CC1. The molecule has 1 saturated carbocycles. The lowest BCUT2D eigenvalue weighted by molar-refractivity contribution is 0.699. The van der Waals surface area contributed by atoms with E-state index in [9.17, 15) is 0 Å². The normalized spacial score (nSPS) is 19.2. The molecular weight excluding hydrogens is 162 g/mol. The van der Waals surface area contributed by atoms with E-state index in [1.165, 1.54) is 0 Å². The molecule has 3 rings (SSSR count). The number of imidazole rings is 1. The minimum Gasteiger partial charge on any atom is -0.320 e. The molecule has 0 radical (unpaired) electrons. The van der Waals surface area contributed by atoms with E-state index in [1.807, 2.05) is 30.6 Å². The maximum atomic E-state index is 6.12. The van der Waals surface area contributed by atoms with E-state index in [0.717, 1.165) is 24.2 Å². The van der Waals surface area contributed by atoms with Gasteiger partial charge in [-0.3, -0.25) is 0 Å². The first kappa shape index (κ1) is 7.09. The third kappa shape index (κ3) is 0.906. The van der Waals surface area contributed by atoms with Crippen molar-refractivity contribution in [1.82, 2.24) is 9.38 Å². The molecule has 1 aliphatic carbocycles. The maximum Gasteiger partial charge on any atom is 0.136 e. The number of fused-ring (bicyclic) bond motifs is 1. The Balaban J connectivity index is 2.30. The molecule has 2 heterocycles. The van der Waals surface area contributed by atoms with E-state index in [-0.39, 0.29) is 5.54 Å². The summed E-state index contributed by atoms with van der Waals surface area (Å²) in [6, 6.07) is 5.99. The van der Waals surface area contributed by atoms with Crippen LogP contribution >= 0.6 is 0 Å². The highest BCUT2D eigenvalue weighted by Gasteiger charge is 2.42. The zero-order chi connectivity index (χ0) is 8.89. The van der Waals surface area contributed by atoms with Crippen LogP contribution < -0.4 is 5.73 Å². The van der Waals surface area contributed by atoms with Crippen molar-refractivity contribution in [3.8, 4) is 0 Å². The monoisotopic (exact) mass is 173 g/mol. The fraction of sp³-hybridized carbons (Fsp3) is 0.300. The van der Waals surface area contributed by atoms with Gasteiger partial charge in [0.1, 0.15) is 5.65 Å². The summed E-state index contributed by atoms with van der Waals surface area (Å²) in [6.07, 6.45) is 6.07. The summed E-state index contributed by atoms with van der Waals surface area (Å²) in [5, 5.41) is 0. The van der Waals surface area contributed by atoms with Gasteiger partial charge in [-0.2, -0.15) is 0 Å². The van der Waals surface area contributed by atoms with Crippen molar-refractivity contribution >= 4 is 5.65 Å². The Labute approximate surface area is 76.2 Å². The van der Waals surface area contributed by atoms with Gasteiger partial charge in [0, 0.05) is 6.20 Å². The Hall–Kier alpha value is -1.35. The molecular formula is C10H11N3. The van der Waals surface area contributed by atoms with Crippen molar-refractivity contribution in [2.45, 2.75) is 18.4 Å². The van der Waals surface area contributed by atoms with Gasteiger partial charge in [-0.15, -0.1) is 0 Å². The number of rotatable bonds is 1. The second-order valence-corrected chi connectivity index (χ2v) is 3.73. The summed E-state index contributed by atoms with van der Waals surface area (Å²) in [4.78, 5) is 4.31. The number of hydrogen-bond donors (Lipinski definition) is 1. The molecule has 0 atom stereocenters. The van der Waals surface area contributed by atoms with Gasteiger partial charge in [0.05, 0.1) is 17.4 Å². The third-order valence-electron chi connectivity index (χ3n) is 2.72. The van der Waals surface area contributed by atoms with Gasteiger partial charge < -0.3 is 10.1 Å². The molecule has 2 N–H and O–H groups in total. The van der Waals surface area contributed by atoms with E-state index < -0.39 is 0 Å². The topological polar surface area (TPSA) is 43.3 Å². The molecule has 13 heavy (non-hydrogen) atoms. The van der Waals surface area contributed by atoms with Crippen LogP contribution in [0.5, 0.6) is 0 Å². The predicted octanol–water partition coefficient (Wildman–Crippen LogP) is 1.28. The highest BCUT2D eigenvalue weighted by atomic mass is 15.0. The second-order valence-electron chi connectivity index (χ2n) is 3.73. The van der Waals surface area contributed by atoms with E-state index >= 15 is 0 Å². The standard InChI is InChI=1S/C10H11N3/c11-10(4-5-10)8-7-12-9-3-1-2-6-13(8)9/h1-3,6-7H,4-5,11H2. The first-order chi connectivity index (χ1) is 6.30. The fourth-order valence-electron chi connectivity index (χ4n) is 1.69. The Morgan fingerprint density at radius 2 is 2.23 bits per heavy atom. The van der Waals surface area contributed by atoms with E-state index in [4.69, 9.17) is 5.73 Å². The Morgan fingerprint density at radius 3 is 3.00 bits per heavy atom. The molecule has 3 heteroatoms. The Morgan fingerprint density at radius 1 is 1.38 bits per heavy atom. The van der Waals surface area contributed by atoms with Crippen molar-refractivity contribution < 1.29 is 0 Å². The number of pyridine rings is 1. The van der Waals surface area contributed by atoms with Crippen molar-refractivity contribution in [1.29, 1.82) is 0 Å². The highest BCUT2D eigenvalue weighted by molar-refractivity contribution is 5.42. The van der Waals surface area contributed by atoms with Gasteiger partial charge >= 0.3 is 0 Å². The smallest absolute Gasteiger partial charge is 0.136 e. The van der Waals surface area contributed by atoms with Gasteiger partial charge in [0.2, 0.25) is 0 Å². The lowest BCUT2D eigenvalue weighted by Crippen LogP contribution is -2.20. The van der Waals surface area contributed by atoms with E-state index in [1.54, 1.807) is 0 Å². The molecule has 0 spiro atoms. The average molecular weight is 173 g/mol. The zero-order valence-corrected chi connectivity index (χ0v) is 7.27. The Kier molecular flexibility index (Phi) is 1.15. The molecule has 1 aliphatic rings. The van der Waals surface area contributed by atoms with Crippen molar-refractivity contribution in [3.05, 3.63) is 36.3 Å². The lowest BCUT2D eigenvalue weighted by Gasteiger charge is -2.07. The van der Waals surface area contributed by atoms with Crippen LogP contribution in [-0.2, 0) is 5.54 Å². The largest absolute Gasteiger partial charge is 0.320 e. The summed E-state index contributed by atoms with van der Waals surface area (Å²) in [6.45, 7) is 0. The van der Waals surface area contributed by atoms with Crippen LogP contribution in [-0.4, -0.2) is 9.38 Å². The summed E-state index contributed by atoms with van der Waals surface area (Å²) in [5.74, 6) is 0. The number of nitrogens with two attached hydrogens (primary N) is 1. The first-order valence-electron chi connectivity index (χ1n) is 4.51. The molecule has 1 fully saturated rings. The minimum atomic E-state index is -0.0965. The minimum absolute atomic E-state index is 0.0965. The van der Waals surface area contributed by atoms with Crippen molar-refractivity contribution in [2.24, 2.45) is 5.73 Å². The molecule has 66 valence electrons. The van der Waals surface area contributed by atoms with Crippen LogP contribution in [0.1, 0.15) is 18.5 Å². The predicted molar refractivity (Wildman–Crippen MR) is 50.3 cm³/mol. The van der Waals surface area contributed by atoms with Crippen LogP contribution in [0, 0.1) is 0 Å². The van der Waals surface area contributed by atoms with Gasteiger partial charge in [-0.25, -0.2) is 4.98 Å². The highest BCUT2D eigenvalue weighted by Crippen LogP contribution is 2.42. The molecule has 0 saturated heterocycles. The van der Waals surface area contributed by atoms with E-state index in [2.05, 4.69) is 9.38 Å². The van der Waals surface area contributed by atoms with Crippen LogP contribution in [0.4, 0.5) is 0 Å². The third-order valence-corrected chi connectivity index (χ3v) is 2.72. The number of aromatic nitrogens is 2. The van der Waals surface area contributed by atoms with Crippen LogP contribution in [0.25, 0.3) is 5.65 Å². The number of hydrogen-bond acceptors (Lipinski definition) is 2. The Bertz CT molecular complexity index is 454. The average Bonchev–Trinajstić information content (AvgIpc) is 2.76. The maximum absolute atomic E-state index is 6.12. The molecule has 0 aromatic carbocycles. The molecule has 3 nitrogen and oxygen atoms in total. The summed E-state index contributed by atoms with van der Waals surface area (Å²) in [5.41, 5.74) is 8.14. The van der Waals surface area contributed by atoms with Crippen LogP contribution in [0.3, 0.4) is 0 Å². The van der Waals surface area contributed by atoms with Gasteiger partial charge in [0.15, 0.2) is 0 Å². The zero-order valence-electron chi connectivity index (χ0n) is 7.27. The van der Waals surface area contributed by atoms with E-state index in [0.29, 0.717) is 0 Å². The van der Waals surface area contributed by atoms with Crippen LogP contribution in [0.15, 0.2) is 30.6 Å². The number of nitrogens with zero attached hydrogens (tertiary/aromatic N) is 2. The molecule has 0 aliphatic heterocycles. The summed E-state index contributed by atoms with van der Waals surface area (Å²) in [7, 11) is 0. The van der Waals surface area contributed by atoms with Crippen molar-refractivity contribution in [3.63, 3.8) is 0 Å². The second kappa shape index (κ2) is 2.12.